The number of methoxy groups -OCH3 is 1. The zero-order chi connectivity index (χ0) is 20.9. The predicted octanol–water partition coefficient (Wildman–Crippen LogP) is 3.50. The van der Waals surface area contributed by atoms with Crippen molar-refractivity contribution in [3.63, 3.8) is 0 Å². The molecular weight excluding hydrogens is 380 g/mol. The molecule has 2 aromatic carbocycles. The summed E-state index contributed by atoms with van der Waals surface area (Å²) in [7, 11) is 1.61. The molecule has 1 saturated heterocycles. The third-order valence-electron chi connectivity index (χ3n) is 5.18. The van der Waals surface area contributed by atoms with Gasteiger partial charge in [0.15, 0.2) is 0 Å². The minimum Gasteiger partial charge on any atom is -0.508 e. The summed E-state index contributed by atoms with van der Waals surface area (Å²) in [5, 5.41) is 12.7. The minimum absolute atomic E-state index is 0.0501. The van der Waals surface area contributed by atoms with Crippen LogP contribution in [0.15, 0.2) is 66.9 Å². The van der Waals surface area contributed by atoms with Gasteiger partial charge in [-0.3, -0.25) is 4.79 Å². The van der Waals surface area contributed by atoms with E-state index >= 15 is 0 Å². The third-order valence-corrected chi connectivity index (χ3v) is 5.18. The summed E-state index contributed by atoms with van der Waals surface area (Å²) in [6, 6.07) is 18.2. The summed E-state index contributed by atoms with van der Waals surface area (Å²) in [4.78, 5) is 21.7. The van der Waals surface area contributed by atoms with Crippen molar-refractivity contribution in [2.75, 3.05) is 43.5 Å². The molecule has 4 rings (SSSR count). The Morgan fingerprint density at radius 3 is 2.47 bits per heavy atom. The molecule has 0 unspecified atom stereocenters. The number of nitrogens with one attached hydrogen (secondary N) is 1. The quantitative estimate of drug-likeness (QED) is 0.678. The number of carbonyl (C=O) groups excluding carboxylic acids is 1. The highest BCUT2D eigenvalue weighted by atomic mass is 16.5. The van der Waals surface area contributed by atoms with E-state index < -0.39 is 0 Å². The fourth-order valence-electron chi connectivity index (χ4n) is 3.55. The molecule has 7 nitrogen and oxygen atoms in total. The minimum atomic E-state index is -0.0501. The largest absolute Gasteiger partial charge is 0.508 e. The lowest BCUT2D eigenvalue weighted by Crippen LogP contribution is -2.48. The van der Waals surface area contributed by atoms with Crippen molar-refractivity contribution in [2.45, 2.75) is 0 Å². The Morgan fingerprint density at radius 2 is 1.73 bits per heavy atom. The summed E-state index contributed by atoms with van der Waals surface area (Å²) in [5.74, 6) is 1.39. The fourth-order valence-corrected chi connectivity index (χ4v) is 3.55. The molecule has 3 aromatic rings. The second kappa shape index (κ2) is 8.73. The summed E-state index contributed by atoms with van der Waals surface area (Å²) in [6.07, 6.45) is 1.66. The number of piperazine rings is 1. The number of aromatic nitrogens is 1. The number of phenolic OH excluding ortho intramolecular Hbond substituents is 1. The molecule has 1 aromatic heterocycles. The first-order valence-corrected chi connectivity index (χ1v) is 9.84. The predicted molar refractivity (Wildman–Crippen MR) is 117 cm³/mol. The standard InChI is InChI=1S/C23H24N4O3/c1-30-21-7-3-2-6-20(21)25-22-19(5-4-12-24-22)23(29)27-15-13-26(14-16-27)17-8-10-18(28)11-9-17/h2-12,28H,13-16H2,1H3,(H,24,25). The number of benzene rings is 2. The Bertz CT molecular complexity index is 1010. The van der Waals surface area contributed by atoms with Crippen LogP contribution in [-0.4, -0.2) is 54.2 Å². The van der Waals surface area contributed by atoms with Crippen molar-refractivity contribution in [3.05, 3.63) is 72.4 Å². The fraction of sp³-hybridized carbons (Fsp3) is 0.217. The molecule has 0 saturated carbocycles. The van der Waals surface area contributed by atoms with Crippen molar-refractivity contribution < 1.29 is 14.6 Å². The molecule has 0 bridgehead atoms. The number of para-hydroxylation sites is 2. The molecule has 1 aliphatic heterocycles. The number of rotatable bonds is 5. The lowest BCUT2D eigenvalue weighted by Gasteiger charge is -2.36. The van der Waals surface area contributed by atoms with E-state index in [1.54, 1.807) is 37.6 Å². The van der Waals surface area contributed by atoms with Gasteiger partial charge in [0, 0.05) is 38.1 Å². The van der Waals surface area contributed by atoms with Gasteiger partial charge in [0.25, 0.3) is 5.91 Å². The molecule has 30 heavy (non-hydrogen) atoms. The third kappa shape index (κ3) is 4.15. The number of aromatic hydroxyl groups is 1. The van der Waals surface area contributed by atoms with Crippen LogP contribution >= 0.6 is 0 Å². The van der Waals surface area contributed by atoms with E-state index in [9.17, 15) is 9.90 Å². The van der Waals surface area contributed by atoms with Crippen molar-refractivity contribution in [3.8, 4) is 11.5 Å². The average Bonchev–Trinajstić information content (AvgIpc) is 2.80. The van der Waals surface area contributed by atoms with Gasteiger partial charge >= 0.3 is 0 Å². The molecule has 0 spiro atoms. The number of nitrogens with zero attached hydrogens (tertiary/aromatic N) is 3. The first-order chi connectivity index (χ1) is 14.7. The molecular formula is C23H24N4O3. The Labute approximate surface area is 175 Å². The Balaban J connectivity index is 1.47. The highest BCUT2D eigenvalue weighted by Crippen LogP contribution is 2.28. The van der Waals surface area contributed by atoms with Gasteiger partial charge in [0.05, 0.1) is 18.4 Å². The first kappa shape index (κ1) is 19.6. The molecule has 7 heteroatoms. The number of amides is 1. The maximum atomic E-state index is 13.2. The second-order valence-electron chi connectivity index (χ2n) is 7.02. The monoisotopic (exact) mass is 404 g/mol. The van der Waals surface area contributed by atoms with Crippen LogP contribution in [-0.2, 0) is 0 Å². The molecule has 0 atom stereocenters. The van der Waals surface area contributed by atoms with E-state index in [4.69, 9.17) is 4.74 Å². The summed E-state index contributed by atoms with van der Waals surface area (Å²) in [6.45, 7) is 2.68. The van der Waals surface area contributed by atoms with Crippen molar-refractivity contribution in [1.82, 2.24) is 9.88 Å². The second-order valence-corrected chi connectivity index (χ2v) is 7.02. The molecule has 154 valence electrons. The van der Waals surface area contributed by atoms with Gasteiger partial charge in [-0.2, -0.15) is 0 Å². The number of carbonyl (C=O) groups is 1. The maximum absolute atomic E-state index is 13.2. The molecule has 0 aliphatic carbocycles. The topological polar surface area (TPSA) is 77.9 Å². The molecule has 2 N–H and O–H groups in total. The van der Waals surface area contributed by atoms with Gasteiger partial charge in [-0.15, -0.1) is 0 Å². The van der Waals surface area contributed by atoms with E-state index in [1.165, 1.54) is 0 Å². The van der Waals surface area contributed by atoms with Gasteiger partial charge in [0.2, 0.25) is 0 Å². The number of ether oxygens (including phenoxy) is 1. The van der Waals surface area contributed by atoms with E-state index in [1.807, 2.05) is 41.3 Å². The van der Waals surface area contributed by atoms with Crippen LogP contribution in [0.5, 0.6) is 11.5 Å². The lowest BCUT2D eigenvalue weighted by atomic mass is 10.1. The molecule has 1 aliphatic rings. The van der Waals surface area contributed by atoms with Gasteiger partial charge < -0.3 is 25.0 Å². The summed E-state index contributed by atoms with van der Waals surface area (Å²) in [5.41, 5.74) is 2.33. The first-order valence-electron chi connectivity index (χ1n) is 9.84. The van der Waals surface area contributed by atoms with Crippen LogP contribution in [0.25, 0.3) is 0 Å². The van der Waals surface area contributed by atoms with Gasteiger partial charge in [-0.25, -0.2) is 4.98 Å². The van der Waals surface area contributed by atoms with Crippen LogP contribution < -0.4 is 15.0 Å². The molecule has 1 amide bonds. The summed E-state index contributed by atoms with van der Waals surface area (Å²) < 4.78 is 5.39. The normalized spacial score (nSPS) is 13.8. The van der Waals surface area contributed by atoms with Crippen LogP contribution in [0.1, 0.15) is 10.4 Å². The van der Waals surface area contributed by atoms with Crippen molar-refractivity contribution in [1.29, 1.82) is 0 Å². The molecule has 2 heterocycles. The van der Waals surface area contributed by atoms with Crippen LogP contribution in [0.2, 0.25) is 0 Å². The van der Waals surface area contributed by atoms with Crippen LogP contribution in [0, 0.1) is 0 Å². The SMILES string of the molecule is COc1ccccc1Nc1ncccc1C(=O)N1CCN(c2ccc(O)cc2)CC1. The highest BCUT2D eigenvalue weighted by Gasteiger charge is 2.24. The van der Waals surface area contributed by atoms with Crippen molar-refractivity contribution >= 4 is 23.1 Å². The van der Waals surface area contributed by atoms with Crippen molar-refractivity contribution in [2.24, 2.45) is 0 Å². The zero-order valence-electron chi connectivity index (χ0n) is 16.8. The number of phenols is 1. The number of hydrogen-bond acceptors (Lipinski definition) is 6. The lowest BCUT2D eigenvalue weighted by molar-refractivity contribution is 0.0747. The number of anilines is 3. The smallest absolute Gasteiger partial charge is 0.257 e. The maximum Gasteiger partial charge on any atom is 0.257 e. The number of hydrogen-bond donors (Lipinski definition) is 2. The van der Waals surface area contributed by atoms with Crippen LogP contribution in [0.3, 0.4) is 0 Å². The molecule has 1 fully saturated rings. The summed E-state index contributed by atoms with van der Waals surface area (Å²) >= 11 is 0. The Hall–Kier alpha value is -3.74. The number of pyridine rings is 1. The zero-order valence-corrected chi connectivity index (χ0v) is 16.8. The van der Waals surface area contributed by atoms with Crippen LogP contribution in [0.4, 0.5) is 17.2 Å². The van der Waals surface area contributed by atoms with Gasteiger partial charge in [-0.1, -0.05) is 12.1 Å². The van der Waals surface area contributed by atoms with E-state index in [2.05, 4.69) is 15.2 Å². The van der Waals surface area contributed by atoms with Gasteiger partial charge in [-0.05, 0) is 48.5 Å². The Morgan fingerprint density at radius 1 is 1.00 bits per heavy atom. The van der Waals surface area contributed by atoms with E-state index in [0.717, 1.165) is 24.5 Å². The average molecular weight is 404 g/mol. The highest BCUT2D eigenvalue weighted by molar-refractivity contribution is 5.99. The van der Waals surface area contributed by atoms with E-state index in [-0.39, 0.29) is 11.7 Å². The van der Waals surface area contributed by atoms with Gasteiger partial charge in [0.1, 0.15) is 17.3 Å². The molecule has 0 radical (unpaired) electrons. The Kier molecular flexibility index (Phi) is 5.70. The van der Waals surface area contributed by atoms with E-state index in [0.29, 0.717) is 30.2 Å².